The number of hydrogen-bond acceptors (Lipinski definition) is 5. The van der Waals surface area contributed by atoms with Gasteiger partial charge in [-0.15, -0.1) is 0 Å². The van der Waals surface area contributed by atoms with Gasteiger partial charge in [-0.05, 0) is 25.5 Å². The molecule has 0 fully saturated rings. The van der Waals surface area contributed by atoms with Crippen LogP contribution in [-0.2, 0) is 10.0 Å². The van der Waals surface area contributed by atoms with Crippen LogP contribution in [0.1, 0.15) is 20.3 Å². The molecule has 0 spiro atoms. The molecular weight excluding hydrogens is 270 g/mol. The van der Waals surface area contributed by atoms with Crippen LogP contribution in [0.3, 0.4) is 0 Å². The Labute approximate surface area is 112 Å². The first-order valence-electron chi connectivity index (χ1n) is 5.73. The number of benzene rings is 1. The second-order valence-corrected chi connectivity index (χ2v) is 6.25. The standard InChI is InChI=1S/C11H17N3O4S/c1-4-8(2)13(3)19(17,18)9-5-6-10(12)11(7-9)14(15)16/h5-8H,4,12H2,1-3H3. The van der Waals surface area contributed by atoms with Crippen molar-refractivity contribution in [3.8, 4) is 0 Å². The van der Waals surface area contributed by atoms with Gasteiger partial charge < -0.3 is 5.73 Å². The Morgan fingerprint density at radius 2 is 2.05 bits per heavy atom. The van der Waals surface area contributed by atoms with Gasteiger partial charge in [0.2, 0.25) is 10.0 Å². The van der Waals surface area contributed by atoms with Gasteiger partial charge >= 0.3 is 0 Å². The molecule has 0 saturated heterocycles. The summed E-state index contributed by atoms with van der Waals surface area (Å²) >= 11 is 0. The molecule has 0 heterocycles. The Hall–Kier alpha value is -1.67. The number of nitrogens with two attached hydrogens (primary N) is 1. The number of hydrogen-bond donors (Lipinski definition) is 1. The van der Waals surface area contributed by atoms with Gasteiger partial charge in [-0.1, -0.05) is 6.92 Å². The number of nitro benzene ring substituents is 1. The Kier molecular flexibility index (Phi) is 4.48. The summed E-state index contributed by atoms with van der Waals surface area (Å²) in [6.07, 6.45) is 0.646. The van der Waals surface area contributed by atoms with Crippen LogP contribution < -0.4 is 5.73 Å². The van der Waals surface area contributed by atoms with E-state index in [0.29, 0.717) is 6.42 Å². The van der Waals surface area contributed by atoms with E-state index < -0.39 is 20.6 Å². The lowest BCUT2D eigenvalue weighted by molar-refractivity contribution is -0.384. The lowest BCUT2D eigenvalue weighted by atomic mass is 10.3. The van der Waals surface area contributed by atoms with Gasteiger partial charge in [0.15, 0.2) is 0 Å². The van der Waals surface area contributed by atoms with Crippen molar-refractivity contribution >= 4 is 21.4 Å². The van der Waals surface area contributed by atoms with E-state index in [1.807, 2.05) is 6.92 Å². The van der Waals surface area contributed by atoms with Crippen molar-refractivity contribution in [3.63, 3.8) is 0 Å². The lowest BCUT2D eigenvalue weighted by Crippen LogP contribution is -2.34. The Morgan fingerprint density at radius 3 is 2.53 bits per heavy atom. The molecule has 2 N–H and O–H groups in total. The molecule has 7 nitrogen and oxygen atoms in total. The second kappa shape index (κ2) is 5.54. The van der Waals surface area contributed by atoms with E-state index in [1.54, 1.807) is 6.92 Å². The van der Waals surface area contributed by atoms with Crippen molar-refractivity contribution in [2.24, 2.45) is 0 Å². The topological polar surface area (TPSA) is 107 Å². The predicted molar refractivity (Wildman–Crippen MR) is 72.2 cm³/mol. The third-order valence-electron chi connectivity index (χ3n) is 3.09. The Balaban J connectivity index is 3.30. The highest BCUT2D eigenvalue weighted by molar-refractivity contribution is 7.89. The molecule has 0 amide bonds. The molecule has 1 aromatic carbocycles. The van der Waals surface area contributed by atoms with Crippen molar-refractivity contribution in [3.05, 3.63) is 28.3 Å². The molecule has 0 aliphatic heterocycles. The highest BCUT2D eigenvalue weighted by atomic mass is 32.2. The average molecular weight is 287 g/mol. The maximum absolute atomic E-state index is 12.3. The maximum Gasteiger partial charge on any atom is 0.293 e. The van der Waals surface area contributed by atoms with Crippen molar-refractivity contribution < 1.29 is 13.3 Å². The van der Waals surface area contributed by atoms with Gasteiger partial charge in [0.1, 0.15) is 5.69 Å². The van der Waals surface area contributed by atoms with E-state index in [-0.39, 0.29) is 16.6 Å². The molecule has 1 rings (SSSR count). The molecule has 0 aromatic heterocycles. The van der Waals surface area contributed by atoms with Gasteiger partial charge in [-0.25, -0.2) is 8.42 Å². The number of sulfonamides is 1. The van der Waals surface area contributed by atoms with Gasteiger partial charge in [-0.3, -0.25) is 10.1 Å². The fourth-order valence-corrected chi connectivity index (χ4v) is 2.96. The number of nitrogens with zero attached hydrogens (tertiary/aromatic N) is 2. The molecule has 106 valence electrons. The van der Waals surface area contributed by atoms with Crippen LogP contribution in [0.2, 0.25) is 0 Å². The van der Waals surface area contributed by atoms with Crippen LogP contribution >= 0.6 is 0 Å². The van der Waals surface area contributed by atoms with E-state index >= 15 is 0 Å². The highest BCUT2D eigenvalue weighted by Crippen LogP contribution is 2.27. The van der Waals surface area contributed by atoms with Crippen LogP contribution in [-0.4, -0.2) is 30.7 Å². The summed E-state index contributed by atoms with van der Waals surface area (Å²) in [5, 5.41) is 10.8. The van der Waals surface area contributed by atoms with Crippen LogP contribution in [0.25, 0.3) is 0 Å². The van der Waals surface area contributed by atoms with Crippen molar-refractivity contribution in [2.45, 2.75) is 31.2 Å². The summed E-state index contributed by atoms with van der Waals surface area (Å²) in [5.41, 5.74) is 4.98. The first-order valence-corrected chi connectivity index (χ1v) is 7.17. The van der Waals surface area contributed by atoms with Gasteiger partial charge in [-0.2, -0.15) is 4.31 Å². The summed E-state index contributed by atoms with van der Waals surface area (Å²) in [4.78, 5) is 9.95. The van der Waals surface area contributed by atoms with Crippen molar-refractivity contribution in [1.29, 1.82) is 0 Å². The largest absolute Gasteiger partial charge is 0.393 e. The quantitative estimate of drug-likeness (QED) is 0.503. The summed E-state index contributed by atoms with van der Waals surface area (Å²) < 4.78 is 25.8. The molecule has 1 aromatic rings. The second-order valence-electron chi connectivity index (χ2n) is 4.26. The zero-order valence-electron chi connectivity index (χ0n) is 11.0. The predicted octanol–water partition coefficient (Wildman–Crippen LogP) is 1.60. The van der Waals surface area contributed by atoms with E-state index in [0.717, 1.165) is 6.07 Å². The Bertz CT molecular complexity index is 586. The average Bonchev–Trinajstić information content (AvgIpc) is 2.36. The van der Waals surface area contributed by atoms with Crippen LogP contribution in [0.5, 0.6) is 0 Å². The van der Waals surface area contributed by atoms with Crippen LogP contribution in [0.15, 0.2) is 23.1 Å². The third-order valence-corrected chi connectivity index (χ3v) is 5.05. The van der Waals surface area contributed by atoms with Gasteiger partial charge in [0.05, 0.1) is 9.82 Å². The van der Waals surface area contributed by atoms with Gasteiger partial charge in [0.25, 0.3) is 5.69 Å². The van der Waals surface area contributed by atoms with Gasteiger partial charge in [0, 0.05) is 19.2 Å². The van der Waals surface area contributed by atoms with E-state index in [2.05, 4.69) is 0 Å². The molecule has 1 unspecified atom stereocenters. The molecule has 0 aliphatic rings. The maximum atomic E-state index is 12.3. The molecule has 19 heavy (non-hydrogen) atoms. The fraction of sp³-hybridized carbons (Fsp3) is 0.455. The molecular formula is C11H17N3O4S. The van der Waals surface area contributed by atoms with Crippen molar-refractivity contribution in [2.75, 3.05) is 12.8 Å². The minimum absolute atomic E-state index is 0.0601. The minimum Gasteiger partial charge on any atom is -0.393 e. The van der Waals surface area contributed by atoms with E-state index in [9.17, 15) is 18.5 Å². The molecule has 0 aliphatic carbocycles. The minimum atomic E-state index is -3.75. The zero-order chi connectivity index (χ0) is 14.8. The highest BCUT2D eigenvalue weighted by Gasteiger charge is 2.26. The van der Waals surface area contributed by atoms with E-state index in [4.69, 9.17) is 5.73 Å². The Morgan fingerprint density at radius 1 is 1.47 bits per heavy atom. The van der Waals surface area contributed by atoms with Crippen molar-refractivity contribution in [1.82, 2.24) is 4.31 Å². The number of nitrogen functional groups attached to an aromatic ring is 1. The SMILES string of the molecule is CCC(C)N(C)S(=O)(=O)c1ccc(N)c([N+](=O)[O-])c1. The number of anilines is 1. The van der Waals surface area contributed by atoms with Crippen LogP contribution in [0.4, 0.5) is 11.4 Å². The zero-order valence-corrected chi connectivity index (χ0v) is 11.8. The first kappa shape index (κ1) is 15.4. The molecule has 1 atom stereocenters. The smallest absolute Gasteiger partial charge is 0.293 e. The first-order chi connectivity index (χ1) is 8.71. The third kappa shape index (κ3) is 3.02. The normalized spacial score (nSPS) is 13.5. The summed E-state index contributed by atoms with van der Waals surface area (Å²) in [6.45, 7) is 3.63. The number of rotatable bonds is 5. The monoisotopic (exact) mass is 287 g/mol. The molecule has 0 radical (unpaired) electrons. The number of nitro groups is 1. The molecule has 0 saturated carbocycles. The van der Waals surface area contributed by atoms with E-state index in [1.165, 1.54) is 23.5 Å². The lowest BCUT2D eigenvalue weighted by Gasteiger charge is -2.23. The molecule has 0 bridgehead atoms. The summed E-state index contributed by atoms with van der Waals surface area (Å²) in [6, 6.07) is 3.30. The summed E-state index contributed by atoms with van der Waals surface area (Å²) in [5.74, 6) is 0. The fourth-order valence-electron chi connectivity index (χ4n) is 1.50. The summed E-state index contributed by atoms with van der Waals surface area (Å²) in [7, 11) is -2.30. The van der Waals surface area contributed by atoms with Crippen LogP contribution in [0, 0.1) is 10.1 Å². The molecule has 8 heteroatoms.